The van der Waals surface area contributed by atoms with Crippen molar-refractivity contribution in [1.29, 1.82) is 0 Å². The van der Waals surface area contributed by atoms with Crippen molar-refractivity contribution in [2.45, 2.75) is 6.92 Å². The molecule has 0 spiro atoms. The van der Waals surface area contributed by atoms with Gasteiger partial charge in [0.1, 0.15) is 0 Å². The minimum absolute atomic E-state index is 1.14. The molecule has 0 aromatic heterocycles. The summed E-state index contributed by atoms with van der Waals surface area (Å²) in [7, 11) is 0. The monoisotopic (exact) mass is 216 g/mol. The molecule has 0 saturated heterocycles. The second-order valence-corrected chi connectivity index (χ2v) is 4.79. The van der Waals surface area contributed by atoms with E-state index in [2.05, 4.69) is 56.0 Å². The molecule has 3 aromatic carbocycles. The lowest BCUT2D eigenvalue weighted by molar-refractivity contribution is 1.56. The van der Waals surface area contributed by atoms with E-state index in [0.717, 1.165) is 5.22 Å². The fraction of sp³-hybridized carbons (Fsp3) is 0.0588. The summed E-state index contributed by atoms with van der Waals surface area (Å²) in [5.41, 5.74) is 2.74. The normalized spacial score (nSPS) is 13.1. The summed E-state index contributed by atoms with van der Waals surface area (Å²) in [6, 6.07) is 15.3. The van der Waals surface area contributed by atoms with Crippen molar-refractivity contribution < 1.29 is 0 Å². The Balaban J connectivity index is 2.55. The first kappa shape index (κ1) is 9.00. The third-order valence-electron chi connectivity index (χ3n) is 3.89. The third kappa shape index (κ3) is 0.938. The molecule has 3 aromatic rings. The summed E-state index contributed by atoms with van der Waals surface area (Å²) in [6.07, 6.45) is 0. The quantitative estimate of drug-likeness (QED) is 0.507. The number of hydrogen-bond donors (Lipinski definition) is 0. The molecule has 1 aliphatic carbocycles. The minimum Gasteiger partial charge on any atom is -0.0911 e. The molecule has 0 heteroatoms. The van der Waals surface area contributed by atoms with Crippen molar-refractivity contribution in [3.8, 4) is 0 Å². The van der Waals surface area contributed by atoms with Crippen LogP contribution in [0, 0.1) is 0 Å². The van der Waals surface area contributed by atoms with Crippen molar-refractivity contribution in [2.24, 2.45) is 0 Å². The molecule has 0 heterocycles. The predicted molar refractivity (Wildman–Crippen MR) is 74.4 cm³/mol. The van der Waals surface area contributed by atoms with Gasteiger partial charge in [-0.15, -0.1) is 0 Å². The lowest BCUT2D eigenvalue weighted by Crippen LogP contribution is -2.23. The largest absolute Gasteiger partial charge is 0.0911 e. The second kappa shape index (κ2) is 2.78. The lowest BCUT2D eigenvalue weighted by atomic mass is 10.0. The van der Waals surface area contributed by atoms with Crippen molar-refractivity contribution >= 4 is 33.7 Å². The summed E-state index contributed by atoms with van der Waals surface area (Å²) < 4.78 is 0. The average molecular weight is 216 g/mol. The van der Waals surface area contributed by atoms with Crippen molar-refractivity contribution in [1.82, 2.24) is 0 Å². The van der Waals surface area contributed by atoms with E-state index < -0.39 is 0 Å². The number of rotatable bonds is 0. The van der Waals surface area contributed by atoms with Crippen LogP contribution in [0.4, 0.5) is 0 Å². The van der Waals surface area contributed by atoms with Crippen LogP contribution in [0.15, 0.2) is 42.5 Å². The van der Waals surface area contributed by atoms with Crippen LogP contribution in [0.3, 0.4) is 0 Å². The van der Waals surface area contributed by atoms with Gasteiger partial charge in [0, 0.05) is 0 Å². The molecule has 0 N–H and O–H groups in total. The van der Waals surface area contributed by atoms with E-state index in [1.54, 1.807) is 0 Å². The van der Waals surface area contributed by atoms with Crippen LogP contribution in [0.5, 0.6) is 0 Å². The molecule has 0 fully saturated rings. The Morgan fingerprint density at radius 1 is 0.824 bits per heavy atom. The SMILES string of the molecule is C=c1ccc2ccc3cccc4c3c2c1=C4C. The van der Waals surface area contributed by atoms with E-state index in [1.807, 2.05) is 0 Å². The van der Waals surface area contributed by atoms with Gasteiger partial charge < -0.3 is 0 Å². The van der Waals surface area contributed by atoms with Crippen LogP contribution in [0.25, 0.3) is 33.7 Å². The van der Waals surface area contributed by atoms with Gasteiger partial charge >= 0.3 is 0 Å². The van der Waals surface area contributed by atoms with Crippen LogP contribution in [0.1, 0.15) is 12.5 Å². The molecule has 0 nitrogen and oxygen atoms in total. The first-order chi connectivity index (χ1) is 8.27. The Kier molecular flexibility index (Phi) is 1.47. The molecule has 0 amide bonds. The lowest BCUT2D eigenvalue weighted by Gasteiger charge is -2.03. The molecule has 0 bridgehead atoms. The smallest absolute Gasteiger partial charge is 0.00180 e. The summed E-state index contributed by atoms with van der Waals surface area (Å²) >= 11 is 0. The number of hydrogen-bond acceptors (Lipinski definition) is 0. The van der Waals surface area contributed by atoms with Crippen molar-refractivity contribution in [2.75, 3.05) is 0 Å². The first-order valence-corrected chi connectivity index (χ1v) is 5.92. The Morgan fingerprint density at radius 3 is 2.35 bits per heavy atom. The molecule has 4 rings (SSSR count). The van der Waals surface area contributed by atoms with E-state index >= 15 is 0 Å². The Labute approximate surface area is 99.5 Å². The van der Waals surface area contributed by atoms with Crippen LogP contribution in [-0.4, -0.2) is 0 Å². The minimum atomic E-state index is 1.14. The zero-order chi connectivity index (χ0) is 11.6. The molecular formula is C17H12. The highest BCUT2D eigenvalue weighted by Gasteiger charge is 2.15. The summed E-state index contributed by atoms with van der Waals surface area (Å²) in [5, 5.41) is 7.93. The maximum Gasteiger partial charge on any atom is -0.00180 e. The van der Waals surface area contributed by atoms with Gasteiger partial charge in [-0.3, -0.25) is 0 Å². The highest BCUT2D eigenvalue weighted by molar-refractivity contribution is 6.16. The third-order valence-corrected chi connectivity index (χ3v) is 3.89. The molecule has 0 saturated carbocycles. The Bertz CT molecular complexity index is 899. The second-order valence-electron chi connectivity index (χ2n) is 4.79. The molecule has 0 atom stereocenters. The summed E-state index contributed by atoms with van der Waals surface area (Å²) in [4.78, 5) is 0. The van der Waals surface area contributed by atoms with E-state index in [4.69, 9.17) is 0 Å². The Hall–Kier alpha value is -2.08. The average Bonchev–Trinajstić information content (AvgIpc) is 2.66. The van der Waals surface area contributed by atoms with Gasteiger partial charge in [-0.1, -0.05) is 49.0 Å². The highest BCUT2D eigenvalue weighted by atomic mass is 14.2. The van der Waals surface area contributed by atoms with Gasteiger partial charge in [0.2, 0.25) is 0 Å². The Morgan fingerprint density at radius 2 is 1.53 bits per heavy atom. The maximum absolute atomic E-state index is 4.18. The van der Waals surface area contributed by atoms with Gasteiger partial charge in [0.05, 0.1) is 0 Å². The fourth-order valence-electron chi connectivity index (χ4n) is 3.11. The van der Waals surface area contributed by atoms with Crippen molar-refractivity contribution in [3.63, 3.8) is 0 Å². The van der Waals surface area contributed by atoms with Gasteiger partial charge in [0.15, 0.2) is 0 Å². The topological polar surface area (TPSA) is 0 Å². The van der Waals surface area contributed by atoms with E-state index in [9.17, 15) is 0 Å². The standard InChI is InChI=1S/C17H12/c1-10-6-7-13-9-8-12-4-3-5-14-11(2)15(10)17(13)16(12)14/h3-9H,1H2,2H3. The fourth-order valence-corrected chi connectivity index (χ4v) is 3.11. The molecule has 17 heavy (non-hydrogen) atoms. The van der Waals surface area contributed by atoms with Gasteiger partial charge in [-0.2, -0.15) is 0 Å². The highest BCUT2D eigenvalue weighted by Crippen LogP contribution is 2.32. The van der Waals surface area contributed by atoms with Gasteiger partial charge in [-0.25, -0.2) is 0 Å². The number of benzene rings is 3. The van der Waals surface area contributed by atoms with E-state index in [-0.39, 0.29) is 0 Å². The molecule has 0 unspecified atom stereocenters. The predicted octanol–water partition coefficient (Wildman–Crippen LogP) is 2.94. The van der Waals surface area contributed by atoms with Crippen LogP contribution < -0.4 is 10.4 Å². The van der Waals surface area contributed by atoms with E-state index in [1.165, 1.54) is 37.9 Å². The molecule has 80 valence electrons. The molecule has 0 radical (unpaired) electrons. The maximum atomic E-state index is 4.18. The van der Waals surface area contributed by atoms with Crippen molar-refractivity contribution in [3.05, 3.63) is 58.5 Å². The molecule has 0 aliphatic heterocycles. The first-order valence-electron chi connectivity index (χ1n) is 5.92. The molecule has 1 aliphatic rings. The van der Waals surface area contributed by atoms with Gasteiger partial charge in [-0.05, 0) is 50.0 Å². The van der Waals surface area contributed by atoms with Crippen LogP contribution in [0.2, 0.25) is 0 Å². The molecular weight excluding hydrogens is 204 g/mol. The zero-order valence-corrected chi connectivity index (χ0v) is 9.75. The van der Waals surface area contributed by atoms with E-state index in [0.29, 0.717) is 0 Å². The summed E-state index contributed by atoms with van der Waals surface area (Å²) in [6.45, 7) is 6.38. The summed E-state index contributed by atoms with van der Waals surface area (Å²) in [5.74, 6) is 0. The van der Waals surface area contributed by atoms with Crippen LogP contribution >= 0.6 is 0 Å². The van der Waals surface area contributed by atoms with Crippen LogP contribution in [-0.2, 0) is 0 Å². The van der Waals surface area contributed by atoms with Gasteiger partial charge in [0.25, 0.3) is 0 Å². The zero-order valence-electron chi connectivity index (χ0n) is 9.75.